The zero-order chi connectivity index (χ0) is 31.1. The lowest BCUT2D eigenvalue weighted by molar-refractivity contribution is -0.123. The lowest BCUT2D eigenvalue weighted by Gasteiger charge is -2.22. The molecule has 0 bridgehead atoms. The maximum Gasteiger partial charge on any atom is 0.252 e. The lowest BCUT2D eigenvalue weighted by atomic mass is 10.0. The van der Waals surface area contributed by atoms with Gasteiger partial charge in [0, 0.05) is 42.5 Å². The third-order valence-electron chi connectivity index (χ3n) is 8.76. The molecule has 4 aromatic rings. The number of rotatable bonds is 14. The molecule has 2 aromatic carbocycles. The van der Waals surface area contributed by atoms with Gasteiger partial charge in [-0.25, -0.2) is 4.98 Å². The fraction of sp³-hybridized carbons (Fsp3) is 0.472. The van der Waals surface area contributed by atoms with Crippen molar-refractivity contribution in [1.82, 2.24) is 25.1 Å². The molecule has 2 N–H and O–H groups in total. The Labute approximate surface area is 266 Å². The number of fused-ring (bicyclic) bond motifs is 1. The molecular weight excluding hydrogens is 566 g/mol. The summed E-state index contributed by atoms with van der Waals surface area (Å²) in [6.45, 7) is 12.1. The molecule has 2 amide bonds. The summed E-state index contributed by atoms with van der Waals surface area (Å²) in [5.74, 6) is 1.36. The van der Waals surface area contributed by atoms with Crippen LogP contribution in [-0.2, 0) is 17.8 Å². The quantitative estimate of drug-likeness (QED) is 0.163. The smallest absolute Gasteiger partial charge is 0.252 e. The third kappa shape index (κ3) is 7.96. The van der Waals surface area contributed by atoms with Gasteiger partial charge in [-0.05, 0) is 79.3 Å². The van der Waals surface area contributed by atoms with Crippen LogP contribution in [0.2, 0.25) is 0 Å². The number of thiophene rings is 1. The summed E-state index contributed by atoms with van der Waals surface area (Å²) in [4.78, 5) is 35.6. The van der Waals surface area contributed by atoms with E-state index in [9.17, 15) is 9.59 Å². The number of hydrogen-bond donors (Lipinski definition) is 2. The van der Waals surface area contributed by atoms with Crippen molar-refractivity contribution in [1.29, 1.82) is 0 Å². The van der Waals surface area contributed by atoms with Gasteiger partial charge < -0.3 is 15.2 Å². The molecule has 1 fully saturated rings. The van der Waals surface area contributed by atoms with Gasteiger partial charge in [0.15, 0.2) is 0 Å². The van der Waals surface area contributed by atoms with Crippen molar-refractivity contribution in [3.63, 3.8) is 0 Å². The first-order chi connectivity index (χ1) is 21.3. The summed E-state index contributed by atoms with van der Waals surface area (Å²) < 4.78 is 2.36. The third-order valence-corrected chi connectivity index (χ3v) is 9.63. The van der Waals surface area contributed by atoms with E-state index in [0.29, 0.717) is 30.5 Å². The number of benzene rings is 2. The highest BCUT2D eigenvalue weighted by atomic mass is 32.1. The molecule has 1 saturated heterocycles. The Hall–Kier alpha value is -3.49. The van der Waals surface area contributed by atoms with E-state index in [2.05, 4.69) is 89.6 Å². The molecule has 0 saturated carbocycles. The second-order valence-electron chi connectivity index (χ2n) is 12.6. The summed E-state index contributed by atoms with van der Waals surface area (Å²) >= 11 is 1.74. The first kappa shape index (κ1) is 31.9. The molecule has 1 unspecified atom stereocenters. The molecule has 0 spiro atoms. The van der Waals surface area contributed by atoms with Gasteiger partial charge in [0.25, 0.3) is 5.91 Å². The monoisotopic (exact) mass is 613 g/mol. The van der Waals surface area contributed by atoms with Gasteiger partial charge in [0.1, 0.15) is 11.9 Å². The van der Waals surface area contributed by atoms with Gasteiger partial charge in [-0.3, -0.25) is 14.5 Å². The van der Waals surface area contributed by atoms with Gasteiger partial charge in [-0.1, -0.05) is 64.1 Å². The first-order valence-electron chi connectivity index (χ1n) is 16.2. The van der Waals surface area contributed by atoms with Crippen LogP contribution in [0.25, 0.3) is 11.0 Å². The number of nitrogens with zero attached hydrogens (tertiary/aromatic N) is 3. The van der Waals surface area contributed by atoms with Crippen molar-refractivity contribution in [3.8, 4) is 0 Å². The van der Waals surface area contributed by atoms with Crippen molar-refractivity contribution in [2.24, 2.45) is 11.8 Å². The fourth-order valence-electron chi connectivity index (χ4n) is 6.42. The van der Waals surface area contributed by atoms with Crippen LogP contribution in [0.4, 0.5) is 0 Å². The molecule has 44 heavy (non-hydrogen) atoms. The van der Waals surface area contributed by atoms with E-state index < -0.39 is 6.04 Å². The fourth-order valence-corrected chi connectivity index (χ4v) is 7.12. The molecular formula is C36H47N5O2S. The van der Waals surface area contributed by atoms with Crippen LogP contribution in [0.1, 0.15) is 86.0 Å². The minimum atomic E-state index is -0.587. The highest BCUT2D eigenvalue weighted by Gasteiger charge is 2.27. The molecule has 2 atom stereocenters. The lowest BCUT2D eigenvalue weighted by Crippen LogP contribution is -2.48. The van der Waals surface area contributed by atoms with Crippen molar-refractivity contribution in [3.05, 3.63) is 87.9 Å². The molecule has 8 heteroatoms. The average Bonchev–Trinajstić information content (AvgIpc) is 3.77. The molecule has 3 heterocycles. The van der Waals surface area contributed by atoms with Gasteiger partial charge in [-0.2, -0.15) is 0 Å². The second kappa shape index (κ2) is 15.0. The number of amides is 2. The number of likely N-dealkylation sites (tertiary alicyclic amines) is 1. The van der Waals surface area contributed by atoms with E-state index in [4.69, 9.17) is 4.98 Å². The summed E-state index contributed by atoms with van der Waals surface area (Å²) in [5, 5.41) is 8.31. The Morgan fingerprint density at radius 3 is 2.55 bits per heavy atom. The second-order valence-corrected chi connectivity index (χ2v) is 13.6. The minimum absolute atomic E-state index is 0.106. The van der Waals surface area contributed by atoms with Gasteiger partial charge in [0.2, 0.25) is 5.91 Å². The Balaban J connectivity index is 1.25. The number of nitrogens with one attached hydrogen (secondary N) is 2. The number of hydrogen-bond acceptors (Lipinski definition) is 5. The van der Waals surface area contributed by atoms with Crippen molar-refractivity contribution in [2.45, 2.75) is 78.4 Å². The summed E-state index contributed by atoms with van der Waals surface area (Å²) in [5.41, 5.74) is 3.72. The van der Waals surface area contributed by atoms with Crippen LogP contribution in [-0.4, -0.2) is 51.9 Å². The number of imidazole rings is 1. The van der Waals surface area contributed by atoms with Crippen molar-refractivity contribution >= 4 is 34.2 Å². The maximum absolute atomic E-state index is 13.5. The number of carbonyl (C=O) groups excluding carboxylic acids is 2. The van der Waals surface area contributed by atoms with E-state index in [1.54, 1.807) is 11.3 Å². The zero-order valence-corrected chi connectivity index (χ0v) is 27.4. The topological polar surface area (TPSA) is 79.3 Å². The average molecular weight is 614 g/mol. The molecule has 1 aliphatic heterocycles. The van der Waals surface area contributed by atoms with Crippen LogP contribution in [0.5, 0.6) is 0 Å². The van der Waals surface area contributed by atoms with E-state index in [-0.39, 0.29) is 17.7 Å². The van der Waals surface area contributed by atoms with E-state index in [0.717, 1.165) is 62.2 Å². The SMILES string of the molecule is CCC(CC)n1c(Cc2cccs2)nc2cc(C(=O)N[C@@H](CC(C)C)C(=O)NCC3CCN(Cc4ccccc4)C3)ccc21. The Morgan fingerprint density at radius 2 is 1.84 bits per heavy atom. The molecule has 7 nitrogen and oxygen atoms in total. The predicted molar refractivity (Wildman–Crippen MR) is 180 cm³/mol. The normalized spacial score (nSPS) is 16.2. The van der Waals surface area contributed by atoms with Crippen molar-refractivity contribution in [2.75, 3.05) is 19.6 Å². The van der Waals surface area contributed by atoms with Gasteiger partial charge in [0.05, 0.1) is 11.0 Å². The van der Waals surface area contributed by atoms with Gasteiger partial charge >= 0.3 is 0 Å². The minimum Gasteiger partial charge on any atom is -0.354 e. The van der Waals surface area contributed by atoms with Crippen LogP contribution in [0.3, 0.4) is 0 Å². The predicted octanol–water partition coefficient (Wildman–Crippen LogP) is 6.83. The molecule has 0 aliphatic carbocycles. The van der Waals surface area contributed by atoms with Crippen LogP contribution in [0.15, 0.2) is 66.0 Å². The summed E-state index contributed by atoms with van der Waals surface area (Å²) in [6.07, 6.45) is 4.44. The molecule has 2 aromatic heterocycles. The Morgan fingerprint density at radius 1 is 1.05 bits per heavy atom. The maximum atomic E-state index is 13.5. The molecule has 0 radical (unpaired) electrons. The largest absolute Gasteiger partial charge is 0.354 e. The summed E-state index contributed by atoms with van der Waals surface area (Å²) in [6, 6.07) is 20.3. The Kier molecular flexibility index (Phi) is 10.9. The van der Waals surface area contributed by atoms with E-state index in [1.807, 2.05) is 24.3 Å². The first-order valence-corrected chi connectivity index (χ1v) is 17.1. The van der Waals surface area contributed by atoms with Gasteiger partial charge in [-0.15, -0.1) is 11.3 Å². The zero-order valence-electron chi connectivity index (χ0n) is 26.6. The van der Waals surface area contributed by atoms with E-state index in [1.165, 1.54) is 10.4 Å². The molecule has 234 valence electrons. The molecule has 1 aliphatic rings. The Bertz CT molecular complexity index is 1510. The highest BCUT2D eigenvalue weighted by molar-refractivity contribution is 7.09. The van der Waals surface area contributed by atoms with Crippen molar-refractivity contribution < 1.29 is 9.59 Å². The number of aromatic nitrogens is 2. The number of carbonyl (C=O) groups is 2. The van der Waals surface area contributed by atoms with Crippen LogP contribution in [0, 0.1) is 11.8 Å². The standard InChI is InChI=1S/C36H47N5O2S/c1-5-29(6-2)41-33-15-14-28(20-31(33)38-34(41)21-30-13-10-18-44-30)35(42)39-32(19-25(3)4)36(43)37-22-27-16-17-40(24-27)23-26-11-8-7-9-12-26/h7-15,18,20,25,27,29,32H,5-6,16-17,19,21-24H2,1-4H3,(H,37,43)(H,39,42)/t27?,32-/m0/s1. The molecule has 5 rings (SSSR count). The van der Waals surface area contributed by atoms with E-state index >= 15 is 0 Å². The highest BCUT2D eigenvalue weighted by Crippen LogP contribution is 2.28. The van der Waals surface area contributed by atoms with Crippen LogP contribution >= 0.6 is 11.3 Å². The summed E-state index contributed by atoms with van der Waals surface area (Å²) in [7, 11) is 0. The van der Waals surface area contributed by atoms with Crippen LogP contribution < -0.4 is 10.6 Å².